The Bertz CT molecular complexity index is 1220. The number of carbonyl (C=O) groups excluding carboxylic acids is 1. The van der Waals surface area contributed by atoms with Gasteiger partial charge in [-0.15, -0.1) is 0 Å². The molecule has 3 fully saturated rings. The lowest BCUT2D eigenvalue weighted by atomic mass is 9.62. The highest BCUT2D eigenvalue weighted by Gasteiger charge is 2.61. The van der Waals surface area contributed by atoms with Gasteiger partial charge < -0.3 is 23.9 Å². The van der Waals surface area contributed by atoms with E-state index in [9.17, 15) is 4.79 Å². The summed E-state index contributed by atoms with van der Waals surface area (Å²) in [6.45, 7) is 6.25. The van der Waals surface area contributed by atoms with E-state index >= 15 is 4.39 Å². The monoisotopic (exact) mass is 440 g/mol. The number of ether oxygens (including phenoxy) is 3. The molecule has 1 N–H and O–H groups in total. The largest absolute Gasteiger partial charge is 0.486 e. The van der Waals surface area contributed by atoms with Gasteiger partial charge in [-0.3, -0.25) is 4.79 Å². The van der Waals surface area contributed by atoms with Crippen molar-refractivity contribution in [2.45, 2.75) is 50.7 Å². The molecule has 3 aromatic heterocycles. The van der Waals surface area contributed by atoms with Gasteiger partial charge in [0.15, 0.2) is 11.4 Å². The molecule has 2 saturated heterocycles. The first-order valence-corrected chi connectivity index (χ1v) is 10.6. The predicted molar refractivity (Wildman–Crippen MR) is 115 cm³/mol. The van der Waals surface area contributed by atoms with Crippen molar-refractivity contribution in [1.82, 2.24) is 14.4 Å². The van der Waals surface area contributed by atoms with E-state index in [4.69, 9.17) is 14.2 Å². The summed E-state index contributed by atoms with van der Waals surface area (Å²) in [7, 11) is 1.47. The number of hydrogen-bond acceptors (Lipinski definition) is 6. The summed E-state index contributed by atoms with van der Waals surface area (Å²) >= 11 is 0. The summed E-state index contributed by atoms with van der Waals surface area (Å²) in [6.07, 6.45) is 4.86. The Hall–Kier alpha value is -3.20. The molecule has 2 aliphatic heterocycles. The Morgan fingerprint density at radius 2 is 2.06 bits per heavy atom. The highest BCUT2D eigenvalue weighted by molar-refractivity contribution is 6.03. The van der Waals surface area contributed by atoms with Crippen LogP contribution in [-0.2, 0) is 10.2 Å². The molecule has 1 saturated carbocycles. The van der Waals surface area contributed by atoms with Crippen LogP contribution >= 0.6 is 0 Å². The van der Waals surface area contributed by atoms with E-state index in [0.29, 0.717) is 12.5 Å². The van der Waals surface area contributed by atoms with Crippen LogP contribution in [0.4, 0.5) is 10.1 Å². The van der Waals surface area contributed by atoms with Gasteiger partial charge in [0.25, 0.3) is 5.91 Å². The normalized spacial score (nSPS) is 23.9. The summed E-state index contributed by atoms with van der Waals surface area (Å²) in [6, 6.07) is 4.85. The molecule has 0 aromatic carbocycles. The second kappa shape index (κ2) is 7.16. The minimum absolute atomic E-state index is 0.0560. The van der Waals surface area contributed by atoms with Gasteiger partial charge in [-0.25, -0.2) is 9.97 Å². The summed E-state index contributed by atoms with van der Waals surface area (Å²) in [5.74, 6) is -0.880. The Morgan fingerprint density at radius 3 is 2.72 bits per heavy atom. The molecular weight excluding hydrogens is 415 g/mol. The van der Waals surface area contributed by atoms with Gasteiger partial charge in [-0.2, -0.15) is 4.39 Å². The van der Waals surface area contributed by atoms with Crippen LogP contribution in [0.25, 0.3) is 5.65 Å². The van der Waals surface area contributed by atoms with Crippen molar-refractivity contribution in [2.75, 3.05) is 19.0 Å². The van der Waals surface area contributed by atoms with Gasteiger partial charge in [-0.1, -0.05) is 6.07 Å². The van der Waals surface area contributed by atoms with Crippen molar-refractivity contribution < 1.29 is 23.4 Å². The topological polar surface area (TPSA) is 87.0 Å². The molecule has 3 aliphatic rings. The third-order valence-electron chi connectivity index (χ3n) is 6.07. The first-order chi connectivity index (χ1) is 15.2. The Morgan fingerprint density at radius 1 is 1.28 bits per heavy atom. The molecule has 5 heterocycles. The average Bonchev–Trinajstić information content (AvgIpc) is 3.42. The molecular formula is C23H25FN4O4. The molecule has 0 atom stereocenters. The molecule has 0 unspecified atom stereocenters. The lowest BCUT2D eigenvalue weighted by Crippen LogP contribution is -2.45. The Kier molecular flexibility index (Phi) is 4.63. The van der Waals surface area contributed by atoms with E-state index in [1.54, 1.807) is 42.6 Å². The zero-order chi connectivity index (χ0) is 22.7. The molecule has 1 amide bonds. The number of anilines is 1. The van der Waals surface area contributed by atoms with Gasteiger partial charge in [0, 0.05) is 23.9 Å². The third kappa shape index (κ3) is 3.28. The van der Waals surface area contributed by atoms with Crippen LogP contribution in [0.15, 0.2) is 30.6 Å². The van der Waals surface area contributed by atoms with Crippen LogP contribution in [0.1, 0.15) is 49.8 Å². The Labute approximate surface area is 184 Å². The van der Waals surface area contributed by atoms with Crippen LogP contribution < -0.4 is 14.8 Å². The molecule has 9 heteroatoms. The van der Waals surface area contributed by atoms with Crippen LogP contribution in [0.2, 0.25) is 0 Å². The predicted octanol–water partition coefficient (Wildman–Crippen LogP) is 3.74. The summed E-state index contributed by atoms with van der Waals surface area (Å²) in [5.41, 5.74) is 0.995. The molecule has 1 aliphatic carbocycles. The number of nitrogens with one attached hydrogen (secondary N) is 1. The van der Waals surface area contributed by atoms with Crippen LogP contribution in [0, 0.1) is 5.82 Å². The molecule has 0 spiro atoms. The van der Waals surface area contributed by atoms with Gasteiger partial charge in [0.05, 0.1) is 31.1 Å². The molecule has 3 aromatic rings. The van der Waals surface area contributed by atoms with Gasteiger partial charge in [0.2, 0.25) is 11.7 Å². The zero-order valence-corrected chi connectivity index (χ0v) is 18.4. The number of aromatic nitrogens is 3. The standard InChI is InChI=1S/C23H25FN4O4/c1-13(2)32-19-15(26-21(29)14-6-5-7-17(25-14)30-4)8-28-9-16(27-20(28)18(19)24)23-10-22(3,11-23)31-12-23/h5-9,13H,10-12H2,1-4H3,(H,26,29). The third-order valence-corrected chi connectivity index (χ3v) is 6.07. The maximum atomic E-state index is 15.5. The van der Waals surface area contributed by atoms with Crippen molar-refractivity contribution in [3.63, 3.8) is 0 Å². The fourth-order valence-corrected chi connectivity index (χ4v) is 4.76. The number of fused-ring (bicyclic) bond motifs is 2. The van der Waals surface area contributed by atoms with E-state index < -0.39 is 11.7 Å². The van der Waals surface area contributed by atoms with E-state index in [1.807, 2.05) is 6.20 Å². The van der Waals surface area contributed by atoms with E-state index in [0.717, 1.165) is 18.5 Å². The Balaban J connectivity index is 1.54. The number of amides is 1. The molecule has 2 bridgehead atoms. The van der Waals surface area contributed by atoms with Crippen molar-refractivity contribution in [3.8, 4) is 11.6 Å². The lowest BCUT2D eigenvalue weighted by Gasteiger charge is -2.41. The van der Waals surface area contributed by atoms with Crippen LogP contribution in [-0.4, -0.2) is 45.7 Å². The van der Waals surface area contributed by atoms with Crippen molar-refractivity contribution in [2.24, 2.45) is 0 Å². The van der Waals surface area contributed by atoms with Gasteiger partial charge in [0.1, 0.15) is 11.4 Å². The van der Waals surface area contributed by atoms with Crippen LogP contribution in [0.5, 0.6) is 11.6 Å². The minimum Gasteiger partial charge on any atom is -0.486 e. The molecule has 8 nitrogen and oxygen atoms in total. The lowest BCUT2D eigenvalue weighted by molar-refractivity contribution is 0.0154. The quantitative estimate of drug-likeness (QED) is 0.629. The van der Waals surface area contributed by atoms with Crippen molar-refractivity contribution >= 4 is 17.2 Å². The second-order valence-electron chi connectivity index (χ2n) is 9.10. The number of carbonyl (C=O) groups is 1. The number of rotatable bonds is 6. The number of methoxy groups -OCH3 is 1. The molecule has 168 valence electrons. The first kappa shape index (κ1) is 20.7. The number of imidazole rings is 1. The number of halogens is 1. The fourth-order valence-electron chi connectivity index (χ4n) is 4.76. The van der Waals surface area contributed by atoms with Gasteiger partial charge >= 0.3 is 0 Å². The SMILES string of the molecule is COc1cccc(C(=O)Nc2cn3cc(C45COC(C)(C4)C5)nc3c(F)c2OC(C)C)n1. The minimum atomic E-state index is -0.626. The smallest absolute Gasteiger partial charge is 0.274 e. The number of pyridine rings is 2. The van der Waals surface area contributed by atoms with Crippen LogP contribution in [0.3, 0.4) is 0 Å². The summed E-state index contributed by atoms with van der Waals surface area (Å²) in [5, 5.41) is 2.73. The summed E-state index contributed by atoms with van der Waals surface area (Å²) in [4.78, 5) is 21.6. The average molecular weight is 440 g/mol. The fraction of sp³-hybridized carbons (Fsp3) is 0.435. The van der Waals surface area contributed by atoms with E-state index in [2.05, 4.69) is 22.2 Å². The highest BCUT2D eigenvalue weighted by atomic mass is 19.1. The first-order valence-electron chi connectivity index (χ1n) is 10.6. The maximum Gasteiger partial charge on any atom is 0.274 e. The van der Waals surface area contributed by atoms with E-state index in [-0.39, 0.29) is 39.9 Å². The van der Waals surface area contributed by atoms with Crippen molar-refractivity contribution in [1.29, 1.82) is 0 Å². The highest BCUT2D eigenvalue weighted by Crippen LogP contribution is 2.58. The van der Waals surface area contributed by atoms with Crippen molar-refractivity contribution in [3.05, 3.63) is 47.8 Å². The molecule has 6 rings (SSSR count). The second-order valence-corrected chi connectivity index (χ2v) is 9.10. The molecule has 32 heavy (non-hydrogen) atoms. The van der Waals surface area contributed by atoms with E-state index in [1.165, 1.54) is 7.11 Å². The zero-order valence-electron chi connectivity index (χ0n) is 18.4. The number of nitrogens with zero attached hydrogens (tertiary/aromatic N) is 3. The summed E-state index contributed by atoms with van der Waals surface area (Å²) < 4.78 is 33.8. The number of hydrogen-bond donors (Lipinski definition) is 1. The maximum absolute atomic E-state index is 15.5. The van der Waals surface area contributed by atoms with Gasteiger partial charge in [-0.05, 0) is 39.7 Å². The molecule has 0 radical (unpaired) electrons.